The number of hydrogen-bond donors (Lipinski definition) is 3. The lowest BCUT2D eigenvalue weighted by atomic mass is 10.1. The van der Waals surface area contributed by atoms with Gasteiger partial charge in [-0.3, -0.25) is 0 Å². The van der Waals surface area contributed by atoms with Crippen molar-refractivity contribution < 1.29 is 24.8 Å². The average molecular weight is 302 g/mol. The second-order valence-electron chi connectivity index (χ2n) is 5.53. The van der Waals surface area contributed by atoms with Gasteiger partial charge in [-0.1, -0.05) is 31.9 Å². The molecule has 0 aliphatic carbocycles. The fraction of sp³-hybridized carbons (Fsp3) is 0.875. The number of rotatable bonds is 11. The molecular formula is C16H30O5. The van der Waals surface area contributed by atoms with Gasteiger partial charge in [-0.25, -0.2) is 0 Å². The molecule has 5 heteroatoms. The van der Waals surface area contributed by atoms with Gasteiger partial charge in [0.05, 0.1) is 13.2 Å². The molecule has 0 saturated carbocycles. The summed E-state index contributed by atoms with van der Waals surface area (Å²) < 4.78 is 10.9. The van der Waals surface area contributed by atoms with E-state index in [0.717, 1.165) is 25.7 Å². The summed E-state index contributed by atoms with van der Waals surface area (Å²) >= 11 is 0. The van der Waals surface area contributed by atoms with E-state index in [1.54, 1.807) is 0 Å². The molecular weight excluding hydrogens is 272 g/mol. The van der Waals surface area contributed by atoms with Gasteiger partial charge in [-0.05, 0) is 25.7 Å². The van der Waals surface area contributed by atoms with Crippen molar-refractivity contribution in [3.8, 4) is 0 Å². The van der Waals surface area contributed by atoms with Gasteiger partial charge in [-0.15, -0.1) is 0 Å². The normalized spacial score (nSPS) is 27.5. The lowest BCUT2D eigenvalue weighted by molar-refractivity contribution is -0.0730. The number of hydrogen-bond acceptors (Lipinski definition) is 5. The van der Waals surface area contributed by atoms with Gasteiger partial charge >= 0.3 is 0 Å². The number of allylic oxidation sites excluding steroid dienone is 2. The van der Waals surface area contributed by atoms with Crippen molar-refractivity contribution in [2.75, 3.05) is 19.8 Å². The van der Waals surface area contributed by atoms with Crippen molar-refractivity contribution in [2.24, 2.45) is 0 Å². The standard InChI is InChI=1S/C16H30O5/c1-2-3-4-5-6-7-8-9-10-20-14-12-21-16(15(14)19)13(18)11-17/h3-4,13-19H,2,5-12H2,1H3/b4-3+/t13-,14+,15-,16-/m1/s1. The molecule has 1 saturated heterocycles. The van der Waals surface area contributed by atoms with Crippen LogP contribution in [0.3, 0.4) is 0 Å². The molecule has 1 heterocycles. The number of aliphatic hydroxyl groups is 3. The first kappa shape index (κ1) is 18.6. The summed E-state index contributed by atoms with van der Waals surface area (Å²) in [5, 5.41) is 28.3. The lowest BCUT2D eigenvalue weighted by Crippen LogP contribution is -2.41. The lowest BCUT2D eigenvalue weighted by Gasteiger charge is -2.20. The minimum Gasteiger partial charge on any atom is -0.394 e. The highest BCUT2D eigenvalue weighted by Crippen LogP contribution is 2.20. The molecule has 0 amide bonds. The molecule has 4 atom stereocenters. The zero-order valence-corrected chi connectivity index (χ0v) is 13.0. The Bertz CT molecular complexity index is 282. The zero-order valence-electron chi connectivity index (χ0n) is 13.0. The zero-order chi connectivity index (χ0) is 15.5. The van der Waals surface area contributed by atoms with E-state index in [4.69, 9.17) is 14.6 Å². The number of unbranched alkanes of at least 4 members (excludes halogenated alkanes) is 4. The maximum absolute atomic E-state index is 9.94. The van der Waals surface area contributed by atoms with E-state index in [2.05, 4.69) is 19.1 Å². The Kier molecular flexibility index (Phi) is 9.87. The first-order valence-corrected chi connectivity index (χ1v) is 8.05. The molecule has 1 aliphatic heterocycles. The average Bonchev–Trinajstić information content (AvgIpc) is 2.86. The number of aliphatic hydroxyl groups excluding tert-OH is 3. The van der Waals surface area contributed by atoms with Gasteiger partial charge in [0, 0.05) is 6.61 Å². The molecule has 0 aromatic carbocycles. The molecule has 0 aromatic rings. The molecule has 0 spiro atoms. The van der Waals surface area contributed by atoms with Gasteiger partial charge < -0.3 is 24.8 Å². The molecule has 21 heavy (non-hydrogen) atoms. The van der Waals surface area contributed by atoms with Crippen molar-refractivity contribution in [2.45, 2.75) is 69.9 Å². The van der Waals surface area contributed by atoms with E-state index in [1.165, 1.54) is 12.8 Å². The third-order valence-electron chi connectivity index (χ3n) is 3.74. The topological polar surface area (TPSA) is 79.2 Å². The smallest absolute Gasteiger partial charge is 0.114 e. The molecule has 0 radical (unpaired) electrons. The maximum Gasteiger partial charge on any atom is 0.114 e. The molecule has 1 rings (SSSR count). The summed E-state index contributed by atoms with van der Waals surface area (Å²) in [7, 11) is 0. The minimum atomic E-state index is -1.05. The van der Waals surface area contributed by atoms with Crippen molar-refractivity contribution in [1.29, 1.82) is 0 Å². The summed E-state index contributed by atoms with van der Waals surface area (Å²) in [6.07, 6.45) is 8.09. The second kappa shape index (κ2) is 11.2. The van der Waals surface area contributed by atoms with Gasteiger partial charge in [-0.2, -0.15) is 0 Å². The van der Waals surface area contributed by atoms with Gasteiger partial charge in [0.1, 0.15) is 24.4 Å². The van der Waals surface area contributed by atoms with Crippen molar-refractivity contribution in [1.82, 2.24) is 0 Å². The van der Waals surface area contributed by atoms with Crippen LogP contribution in [0, 0.1) is 0 Å². The maximum atomic E-state index is 9.94. The fourth-order valence-electron chi connectivity index (χ4n) is 2.44. The number of ether oxygens (including phenoxy) is 2. The highest BCUT2D eigenvalue weighted by atomic mass is 16.6. The van der Waals surface area contributed by atoms with Crippen LogP contribution in [0.1, 0.15) is 45.4 Å². The van der Waals surface area contributed by atoms with Crippen LogP contribution in [0.5, 0.6) is 0 Å². The molecule has 0 bridgehead atoms. The van der Waals surface area contributed by atoms with Gasteiger partial charge in [0.15, 0.2) is 0 Å². The summed E-state index contributed by atoms with van der Waals surface area (Å²) in [6.45, 7) is 2.59. The largest absolute Gasteiger partial charge is 0.394 e. The van der Waals surface area contributed by atoms with Crippen LogP contribution in [0.15, 0.2) is 12.2 Å². The minimum absolute atomic E-state index is 0.269. The Morgan fingerprint density at radius 1 is 1.24 bits per heavy atom. The molecule has 3 N–H and O–H groups in total. The van der Waals surface area contributed by atoms with Crippen LogP contribution in [-0.4, -0.2) is 59.6 Å². The molecule has 1 aliphatic rings. The van der Waals surface area contributed by atoms with Crippen molar-refractivity contribution in [3.05, 3.63) is 12.2 Å². The first-order valence-electron chi connectivity index (χ1n) is 8.05. The molecule has 124 valence electrons. The third kappa shape index (κ3) is 6.89. The predicted molar refractivity (Wildman–Crippen MR) is 81.1 cm³/mol. The molecule has 1 fully saturated rings. The van der Waals surface area contributed by atoms with Crippen LogP contribution in [0.4, 0.5) is 0 Å². The quantitative estimate of drug-likeness (QED) is 0.397. The van der Waals surface area contributed by atoms with E-state index in [0.29, 0.717) is 6.61 Å². The predicted octanol–water partition coefficient (Wildman–Crippen LogP) is 1.40. The van der Waals surface area contributed by atoms with E-state index >= 15 is 0 Å². The summed E-state index contributed by atoms with van der Waals surface area (Å²) in [5.74, 6) is 0. The van der Waals surface area contributed by atoms with Crippen LogP contribution < -0.4 is 0 Å². The summed E-state index contributed by atoms with van der Waals surface area (Å²) in [4.78, 5) is 0. The summed E-state index contributed by atoms with van der Waals surface area (Å²) in [5.41, 5.74) is 0. The van der Waals surface area contributed by atoms with Gasteiger partial charge in [0.25, 0.3) is 0 Å². The van der Waals surface area contributed by atoms with E-state index in [9.17, 15) is 10.2 Å². The Hall–Kier alpha value is -0.460. The highest BCUT2D eigenvalue weighted by molar-refractivity contribution is 4.88. The van der Waals surface area contributed by atoms with E-state index < -0.39 is 31.0 Å². The van der Waals surface area contributed by atoms with Crippen LogP contribution in [0.25, 0.3) is 0 Å². The van der Waals surface area contributed by atoms with Gasteiger partial charge in [0.2, 0.25) is 0 Å². The van der Waals surface area contributed by atoms with Crippen LogP contribution in [0.2, 0.25) is 0 Å². The molecule has 0 aromatic heterocycles. The van der Waals surface area contributed by atoms with Crippen molar-refractivity contribution in [3.63, 3.8) is 0 Å². The molecule has 5 nitrogen and oxygen atoms in total. The third-order valence-corrected chi connectivity index (χ3v) is 3.74. The Balaban J connectivity index is 2.02. The Labute approximate surface area is 127 Å². The van der Waals surface area contributed by atoms with Crippen LogP contribution in [-0.2, 0) is 9.47 Å². The first-order chi connectivity index (χ1) is 10.2. The SMILES string of the molecule is CC/C=C/CCCCCCO[C@H]1CO[C@H]([C@H](O)CO)[C@@H]1O. The second-order valence-corrected chi connectivity index (χ2v) is 5.53. The Morgan fingerprint density at radius 2 is 2.00 bits per heavy atom. The monoisotopic (exact) mass is 302 g/mol. The van der Waals surface area contributed by atoms with Crippen molar-refractivity contribution >= 4 is 0 Å². The summed E-state index contributed by atoms with van der Waals surface area (Å²) in [6, 6.07) is 0. The highest BCUT2D eigenvalue weighted by Gasteiger charge is 2.40. The van der Waals surface area contributed by atoms with Crippen LogP contribution >= 0.6 is 0 Å². The fourth-order valence-corrected chi connectivity index (χ4v) is 2.44. The molecule has 0 unspecified atom stereocenters. The van der Waals surface area contributed by atoms with E-state index in [1.807, 2.05) is 0 Å². The Morgan fingerprint density at radius 3 is 2.71 bits per heavy atom. The van der Waals surface area contributed by atoms with E-state index in [-0.39, 0.29) is 6.61 Å².